The van der Waals surface area contributed by atoms with E-state index in [1.165, 1.54) is 51.1 Å². The monoisotopic (exact) mass is 1310 g/mol. The standard InChI is InChI=1S/2C9H10N.2C2H5N.CH4.2U.2V.2W/c2*1-4-6-7-8-9(5-2)10-3;2*1-2-3;;;;;;;/h2*3,7H,4H2,1-2H3;2*2-3H,1H3;1H4;;;;;;/q2*-3;;;;;;;;;. The minimum atomic E-state index is 0. The summed E-state index contributed by atoms with van der Waals surface area (Å²) in [5.74, 6) is 0. The molecule has 0 amide bonds. The van der Waals surface area contributed by atoms with E-state index in [0.717, 1.165) is 32.0 Å². The molecule has 4 nitrogen and oxygen atoms in total. The Kier molecular flexibility index (Phi) is 99.4. The average Bonchev–Trinajstić information content (AvgIpc) is 2.64. The van der Waals surface area contributed by atoms with Crippen molar-refractivity contribution in [3.05, 3.63) is 47.9 Å². The van der Waals surface area contributed by atoms with E-state index in [4.69, 9.17) is 24.3 Å². The van der Waals surface area contributed by atoms with Gasteiger partial charge in [0.15, 0.2) is 0 Å². The summed E-state index contributed by atoms with van der Waals surface area (Å²) in [7, 11) is 0. The third-order valence-electron chi connectivity index (χ3n) is 1.96. The van der Waals surface area contributed by atoms with E-state index in [9.17, 15) is 0 Å². The molecule has 0 aromatic heterocycles. The van der Waals surface area contributed by atoms with E-state index in [1.807, 2.05) is 27.7 Å². The van der Waals surface area contributed by atoms with Crippen molar-refractivity contribution in [3.8, 4) is 0 Å². The molecule has 0 saturated heterocycles. The molecular weight excluding hydrogens is 1280 g/mol. The van der Waals surface area contributed by atoms with Gasteiger partial charge in [0.25, 0.3) is 0 Å². The van der Waals surface area contributed by atoms with Crippen LogP contribution in [0.1, 0.15) is 61.8 Å². The second-order valence-corrected chi connectivity index (χ2v) is 8.74. The third kappa shape index (κ3) is 60.5. The summed E-state index contributed by atoms with van der Waals surface area (Å²) in [6.07, 6.45) is 19.6. The zero-order chi connectivity index (χ0) is 22.8. The molecule has 182 valence electrons. The molecule has 2 N–H and O–H groups in total. The van der Waals surface area contributed by atoms with Crippen molar-refractivity contribution in [2.24, 2.45) is 9.98 Å². The van der Waals surface area contributed by atoms with Gasteiger partial charge in [0, 0.05) is 99.3 Å². The third-order valence-corrected chi connectivity index (χ3v) is 3.34. The molecule has 0 atom stereocenters. The molecule has 0 heterocycles. The largest absolute Gasteiger partial charge is 0 e. The number of aliphatic imine (C=N–C) groups is 2. The van der Waals surface area contributed by atoms with Gasteiger partial charge in [0.1, 0.15) is 0 Å². The normalized spacial score (nSPS) is 8.79. The maximum Gasteiger partial charge on any atom is 0 e. The van der Waals surface area contributed by atoms with Crippen LogP contribution < -0.4 is 0 Å². The minimum Gasteiger partial charge on any atom is 0 e. The Labute approximate surface area is 297 Å². The molecule has 0 spiro atoms. The molecular formula is C23H34N4U2V2W2-6. The second kappa shape index (κ2) is 54.8. The number of rotatable bonds is 8. The number of nitrogens with zero attached hydrogens (tertiary/aromatic N) is 2. The van der Waals surface area contributed by atoms with Gasteiger partial charge in [-0.2, -0.15) is 0 Å². The van der Waals surface area contributed by atoms with E-state index in [0.29, 0.717) is 0 Å². The molecule has 0 unspecified atom stereocenters. The summed E-state index contributed by atoms with van der Waals surface area (Å²) in [6, 6.07) is 0. The van der Waals surface area contributed by atoms with Crippen LogP contribution in [-0.4, -0.2) is 33.7 Å². The first-order valence-electron chi connectivity index (χ1n) is 8.38. The van der Waals surface area contributed by atoms with Crippen molar-refractivity contribution < 1.29 is 138 Å². The van der Waals surface area contributed by atoms with E-state index in [2.05, 4.69) is 34.3 Å². The van der Waals surface area contributed by atoms with Gasteiger partial charge in [-0.3, -0.25) is 0 Å². The van der Waals surface area contributed by atoms with E-state index in [1.54, 1.807) is 26.0 Å². The number of hydrogen-bond acceptors (Lipinski definition) is 4. The first kappa shape index (κ1) is 59.9. The maximum absolute atomic E-state index is 6.08. The Morgan fingerprint density at radius 2 is 1.00 bits per heavy atom. The summed E-state index contributed by atoms with van der Waals surface area (Å²) < 4.78 is 2.28. The van der Waals surface area contributed by atoms with Gasteiger partial charge >= 0.3 is 158 Å². The predicted octanol–water partition coefficient (Wildman–Crippen LogP) is 5.46. The molecule has 0 aliphatic carbocycles. The molecule has 0 fully saturated rings. The zero-order valence-corrected chi connectivity index (χ0v) is 36.5. The fourth-order valence-electron chi connectivity index (χ4n) is 0.903. The molecule has 10 heteroatoms. The Bertz CT molecular complexity index is 553. The van der Waals surface area contributed by atoms with Crippen LogP contribution in [0.25, 0.3) is 0 Å². The molecule has 0 rings (SSSR count). The maximum atomic E-state index is 6.08. The van der Waals surface area contributed by atoms with Gasteiger partial charge in [-0.25, -0.2) is 0 Å². The number of nitrogens with one attached hydrogen (secondary N) is 2. The summed E-state index contributed by atoms with van der Waals surface area (Å²) in [6.45, 7) is 21.6. The quantitative estimate of drug-likeness (QED) is 0.185. The van der Waals surface area contributed by atoms with Gasteiger partial charge in [0.2, 0.25) is 0 Å². The smallest absolute Gasteiger partial charge is 0 e. The number of hydrogen-bond donors (Lipinski definition) is 2. The van der Waals surface area contributed by atoms with Crippen molar-refractivity contribution in [1.82, 2.24) is 0 Å². The first-order chi connectivity index (χ1) is 13.3. The molecule has 0 aromatic rings. The van der Waals surface area contributed by atoms with E-state index >= 15 is 0 Å². The Hall–Kier alpha value is 2.03. The minimum absolute atomic E-state index is 0. The first-order valence-corrected chi connectivity index (χ1v) is 11.3. The van der Waals surface area contributed by atoms with Crippen molar-refractivity contribution in [2.45, 2.75) is 61.8 Å². The topological polar surface area (TPSA) is 72.4 Å². The van der Waals surface area contributed by atoms with Crippen LogP contribution in [-0.2, 0) is 75.8 Å². The van der Waals surface area contributed by atoms with E-state index in [-0.39, 0.29) is 107 Å². The Balaban J connectivity index is -0.0000000357. The molecule has 0 aliphatic rings. The number of allylic oxidation sites excluding steroid dienone is 8. The van der Waals surface area contributed by atoms with Crippen LogP contribution in [0, 0.1) is 97.3 Å². The van der Waals surface area contributed by atoms with Crippen LogP contribution in [0.15, 0.2) is 33.5 Å². The van der Waals surface area contributed by atoms with Crippen LogP contribution in [0.3, 0.4) is 0 Å². The summed E-state index contributed by atoms with van der Waals surface area (Å²) in [5, 5.41) is 12.2. The van der Waals surface area contributed by atoms with Gasteiger partial charge in [-0.15, -0.1) is 0 Å². The average molecular weight is 1310 g/mol. The van der Waals surface area contributed by atoms with Crippen LogP contribution in [0.4, 0.5) is 0 Å². The molecule has 0 aromatic carbocycles. The van der Waals surface area contributed by atoms with Crippen molar-refractivity contribution in [2.75, 3.05) is 0 Å². The zero-order valence-electron chi connectivity index (χ0n) is 19.5. The van der Waals surface area contributed by atoms with Crippen molar-refractivity contribution >= 4 is 33.7 Å². The SMILES string of the molecule is C.CC=N.CC=N.[CH-]=NC(=[C-]C=[C-]CC)[C](C)=[W].[CH-]=NC(=[C-]C=[C-]CC)[C](C)=[W].[U].[U].[V].[V]. The van der Waals surface area contributed by atoms with Gasteiger partial charge < -0.3 is 10.8 Å². The summed E-state index contributed by atoms with van der Waals surface area (Å²) in [4.78, 5) is 7.15. The fourth-order valence-corrected chi connectivity index (χ4v) is 1.70. The van der Waals surface area contributed by atoms with Crippen molar-refractivity contribution in [3.63, 3.8) is 0 Å². The fraction of sp³-hybridized carbons (Fsp3) is 0.391. The Morgan fingerprint density at radius 1 is 0.788 bits per heavy atom. The van der Waals surface area contributed by atoms with E-state index < -0.39 is 0 Å². The Morgan fingerprint density at radius 3 is 1.12 bits per heavy atom. The van der Waals surface area contributed by atoms with Crippen LogP contribution in [0.2, 0.25) is 0 Å². The van der Waals surface area contributed by atoms with Gasteiger partial charge in [-0.05, 0) is 26.3 Å². The molecule has 0 bridgehead atoms. The summed E-state index contributed by atoms with van der Waals surface area (Å²) >= 11 is 2.73. The molecule has 2 radical (unpaired) electrons. The van der Waals surface area contributed by atoms with Crippen molar-refractivity contribution in [1.29, 1.82) is 10.8 Å². The predicted molar refractivity (Wildman–Crippen MR) is 124 cm³/mol. The van der Waals surface area contributed by atoms with Crippen LogP contribution >= 0.6 is 0 Å². The second-order valence-electron chi connectivity index (χ2n) is 4.34. The van der Waals surface area contributed by atoms with Crippen LogP contribution in [0.5, 0.6) is 0 Å². The molecule has 0 saturated carbocycles. The van der Waals surface area contributed by atoms with Gasteiger partial charge in [0.05, 0.1) is 0 Å². The van der Waals surface area contributed by atoms with Gasteiger partial charge in [-0.1, -0.05) is 7.43 Å². The molecule has 33 heavy (non-hydrogen) atoms. The molecule has 0 aliphatic heterocycles. The summed E-state index contributed by atoms with van der Waals surface area (Å²) in [5.41, 5.74) is 1.47.